The zero-order chi connectivity index (χ0) is 14.3. The zero-order valence-corrected chi connectivity index (χ0v) is 13.4. The van der Waals surface area contributed by atoms with E-state index in [2.05, 4.69) is 20.7 Å². The fourth-order valence-corrected chi connectivity index (χ4v) is 3.41. The van der Waals surface area contributed by atoms with Gasteiger partial charge < -0.3 is 9.47 Å². The Morgan fingerprint density at radius 2 is 2.11 bits per heavy atom. The van der Waals surface area contributed by atoms with Crippen molar-refractivity contribution in [3.63, 3.8) is 0 Å². The Balaban J connectivity index is 2.64. The molecule has 1 rings (SSSR count). The van der Waals surface area contributed by atoms with Crippen molar-refractivity contribution in [2.24, 2.45) is 0 Å². The summed E-state index contributed by atoms with van der Waals surface area (Å²) in [6.07, 6.45) is 0.779. The molecule has 1 aromatic carbocycles. The first-order valence-electron chi connectivity index (χ1n) is 5.79. The Hall–Kier alpha value is -0.720. The number of carbonyl (C=O) groups excluding carboxylic acids is 1. The fourth-order valence-electron chi connectivity index (χ4n) is 1.52. The molecule has 4 nitrogen and oxygen atoms in total. The molecule has 6 heteroatoms. The van der Waals surface area contributed by atoms with Gasteiger partial charge in [0, 0.05) is 40.5 Å². The van der Waals surface area contributed by atoms with Crippen LogP contribution in [-0.2, 0) is 26.0 Å². The Morgan fingerprint density at radius 3 is 2.68 bits per heavy atom. The van der Waals surface area contributed by atoms with Gasteiger partial charge in [0.05, 0.1) is 12.7 Å². The van der Waals surface area contributed by atoms with Crippen molar-refractivity contribution in [2.75, 3.05) is 26.6 Å². The number of hydrogen-bond acceptors (Lipinski definition) is 4. The van der Waals surface area contributed by atoms with E-state index in [1.165, 1.54) is 7.11 Å². The van der Waals surface area contributed by atoms with E-state index in [4.69, 9.17) is 4.74 Å². The predicted octanol–water partition coefficient (Wildman–Crippen LogP) is 2.52. The highest BCUT2D eigenvalue weighted by Gasteiger charge is 2.10. The standard InChI is InChI=1S/C13H17BrO4S/c1-17-6-3-7-19(16)9-11-5-4-10(8-12(11)14)13(15)18-2/h4-5,8H,3,6-7,9H2,1-2H3. The Morgan fingerprint density at radius 1 is 1.37 bits per heavy atom. The minimum atomic E-state index is -0.928. The quantitative estimate of drug-likeness (QED) is 0.561. The first-order valence-corrected chi connectivity index (χ1v) is 8.07. The second-order valence-electron chi connectivity index (χ2n) is 3.93. The molecule has 0 heterocycles. The van der Waals surface area contributed by atoms with Crippen LogP contribution >= 0.6 is 15.9 Å². The lowest BCUT2D eigenvalue weighted by atomic mass is 10.1. The average Bonchev–Trinajstić information content (AvgIpc) is 2.40. The zero-order valence-electron chi connectivity index (χ0n) is 11.0. The number of rotatable bonds is 7. The molecule has 1 aromatic rings. The molecule has 1 unspecified atom stereocenters. The van der Waals surface area contributed by atoms with Crippen LogP contribution in [-0.4, -0.2) is 36.8 Å². The molecule has 0 aliphatic rings. The van der Waals surface area contributed by atoms with Crippen LogP contribution in [0.5, 0.6) is 0 Å². The lowest BCUT2D eigenvalue weighted by molar-refractivity contribution is 0.0600. The van der Waals surface area contributed by atoms with Gasteiger partial charge in [-0.3, -0.25) is 4.21 Å². The van der Waals surface area contributed by atoms with Gasteiger partial charge in [-0.2, -0.15) is 0 Å². The lowest BCUT2D eigenvalue weighted by Crippen LogP contribution is -2.06. The summed E-state index contributed by atoms with van der Waals surface area (Å²) in [5, 5.41) is 0. The Kier molecular flexibility index (Phi) is 7.27. The maximum Gasteiger partial charge on any atom is 0.337 e. The van der Waals surface area contributed by atoms with E-state index in [0.29, 0.717) is 23.7 Å². The number of carbonyl (C=O) groups is 1. The van der Waals surface area contributed by atoms with Crippen LogP contribution in [0.1, 0.15) is 22.3 Å². The van der Waals surface area contributed by atoms with E-state index in [1.807, 2.05) is 0 Å². The molecule has 0 radical (unpaired) electrons. The summed E-state index contributed by atoms with van der Waals surface area (Å²) in [4.78, 5) is 11.4. The van der Waals surface area contributed by atoms with Gasteiger partial charge in [-0.15, -0.1) is 0 Å². The highest BCUT2D eigenvalue weighted by atomic mass is 79.9. The summed E-state index contributed by atoms with van der Waals surface area (Å²) in [6.45, 7) is 0.619. The van der Waals surface area contributed by atoms with Gasteiger partial charge in [0.25, 0.3) is 0 Å². The number of halogens is 1. The summed E-state index contributed by atoms with van der Waals surface area (Å²) in [5.41, 5.74) is 1.40. The maximum atomic E-state index is 11.9. The number of methoxy groups -OCH3 is 2. The molecule has 0 spiro atoms. The van der Waals surface area contributed by atoms with Crippen molar-refractivity contribution < 1.29 is 18.5 Å². The van der Waals surface area contributed by atoms with E-state index in [1.54, 1.807) is 25.3 Å². The second-order valence-corrected chi connectivity index (χ2v) is 6.36. The topological polar surface area (TPSA) is 52.6 Å². The van der Waals surface area contributed by atoms with Crippen LogP contribution < -0.4 is 0 Å². The highest BCUT2D eigenvalue weighted by Crippen LogP contribution is 2.21. The van der Waals surface area contributed by atoms with Gasteiger partial charge in [-0.1, -0.05) is 22.0 Å². The summed E-state index contributed by atoms with van der Waals surface area (Å²) < 4.78 is 22.2. The second kappa shape index (κ2) is 8.45. The molecule has 0 fully saturated rings. The molecule has 0 aromatic heterocycles. The molecule has 0 amide bonds. The molecule has 19 heavy (non-hydrogen) atoms. The van der Waals surface area contributed by atoms with Crippen LogP contribution in [0.3, 0.4) is 0 Å². The molecular formula is C13H17BrO4S. The fraction of sp³-hybridized carbons (Fsp3) is 0.462. The van der Waals surface area contributed by atoms with Crippen LogP contribution in [0, 0.1) is 0 Å². The van der Waals surface area contributed by atoms with Crippen LogP contribution in [0.4, 0.5) is 0 Å². The van der Waals surface area contributed by atoms with Crippen molar-refractivity contribution in [1.82, 2.24) is 0 Å². The first kappa shape index (κ1) is 16.3. The van der Waals surface area contributed by atoms with Crippen LogP contribution in [0.25, 0.3) is 0 Å². The summed E-state index contributed by atoms with van der Waals surface area (Å²) in [7, 11) is 2.04. The normalized spacial score (nSPS) is 12.2. The maximum absolute atomic E-state index is 11.9. The van der Waals surface area contributed by atoms with Crippen molar-refractivity contribution >= 4 is 32.7 Å². The number of hydrogen-bond donors (Lipinski definition) is 0. The van der Waals surface area contributed by atoms with Gasteiger partial charge in [0.1, 0.15) is 0 Å². The summed E-state index contributed by atoms with van der Waals surface area (Å²) >= 11 is 3.39. The summed E-state index contributed by atoms with van der Waals surface area (Å²) in [5.74, 6) is 0.693. The van der Waals surface area contributed by atoms with Gasteiger partial charge >= 0.3 is 5.97 Å². The van der Waals surface area contributed by atoms with Crippen molar-refractivity contribution in [3.05, 3.63) is 33.8 Å². The van der Waals surface area contributed by atoms with E-state index < -0.39 is 10.8 Å². The predicted molar refractivity (Wildman–Crippen MR) is 78.7 cm³/mol. The van der Waals surface area contributed by atoms with Gasteiger partial charge in [-0.05, 0) is 24.1 Å². The van der Waals surface area contributed by atoms with E-state index in [9.17, 15) is 9.00 Å². The number of esters is 1. The molecule has 0 aliphatic heterocycles. The Labute approximate surface area is 124 Å². The molecule has 0 saturated heterocycles. The lowest BCUT2D eigenvalue weighted by Gasteiger charge is -2.07. The van der Waals surface area contributed by atoms with Gasteiger partial charge in [0.2, 0.25) is 0 Å². The minimum absolute atomic E-state index is 0.381. The molecule has 1 atom stereocenters. The molecule has 0 aliphatic carbocycles. The average molecular weight is 349 g/mol. The summed E-state index contributed by atoms with van der Waals surface area (Å²) in [6, 6.07) is 5.16. The van der Waals surface area contributed by atoms with Crippen LogP contribution in [0.15, 0.2) is 22.7 Å². The highest BCUT2D eigenvalue weighted by molar-refractivity contribution is 9.10. The molecular weight excluding hydrogens is 332 g/mol. The SMILES string of the molecule is COCCCS(=O)Cc1ccc(C(=O)OC)cc1Br. The van der Waals surface area contributed by atoms with E-state index in [0.717, 1.165) is 16.5 Å². The van der Waals surface area contributed by atoms with Gasteiger partial charge in [-0.25, -0.2) is 4.79 Å². The number of benzene rings is 1. The Bertz CT molecular complexity index is 462. The van der Waals surface area contributed by atoms with Crippen molar-refractivity contribution in [1.29, 1.82) is 0 Å². The largest absolute Gasteiger partial charge is 0.465 e. The third kappa shape index (κ3) is 5.42. The smallest absolute Gasteiger partial charge is 0.337 e. The molecule has 0 bridgehead atoms. The molecule has 0 saturated carbocycles. The van der Waals surface area contributed by atoms with E-state index in [-0.39, 0.29) is 5.97 Å². The van der Waals surface area contributed by atoms with Crippen molar-refractivity contribution in [2.45, 2.75) is 12.2 Å². The third-order valence-corrected chi connectivity index (χ3v) is 4.63. The minimum Gasteiger partial charge on any atom is -0.465 e. The molecule has 106 valence electrons. The molecule has 0 N–H and O–H groups in total. The first-order chi connectivity index (χ1) is 9.08. The van der Waals surface area contributed by atoms with Crippen LogP contribution in [0.2, 0.25) is 0 Å². The monoisotopic (exact) mass is 348 g/mol. The van der Waals surface area contributed by atoms with Gasteiger partial charge in [0.15, 0.2) is 0 Å². The third-order valence-electron chi connectivity index (χ3n) is 2.51. The number of ether oxygens (including phenoxy) is 2. The van der Waals surface area contributed by atoms with Crippen molar-refractivity contribution in [3.8, 4) is 0 Å². The van der Waals surface area contributed by atoms with E-state index >= 15 is 0 Å².